The van der Waals surface area contributed by atoms with Crippen LogP contribution in [0.3, 0.4) is 0 Å². The fourth-order valence-corrected chi connectivity index (χ4v) is 4.64. The first kappa shape index (κ1) is 20.1. The van der Waals surface area contributed by atoms with E-state index in [1.54, 1.807) is 0 Å². The van der Waals surface area contributed by atoms with E-state index in [0.29, 0.717) is 5.92 Å². The fraction of sp³-hybridized carbons (Fsp3) is 0.304. The highest BCUT2D eigenvalue weighted by atomic mass is 35.5. The monoisotopic (exact) mass is 426 g/mol. The van der Waals surface area contributed by atoms with Crippen LogP contribution in [0.15, 0.2) is 48.5 Å². The molecule has 6 heteroatoms. The van der Waals surface area contributed by atoms with Crippen LogP contribution in [-0.2, 0) is 13.1 Å². The topological polar surface area (TPSA) is 42.7 Å². The van der Waals surface area contributed by atoms with Gasteiger partial charge in [-0.05, 0) is 66.6 Å². The molecule has 3 aromatic rings. The molecule has 0 saturated heterocycles. The number of aryl methyl sites for hydroxylation is 1. The first-order chi connectivity index (χ1) is 13.7. The van der Waals surface area contributed by atoms with E-state index in [1.165, 1.54) is 22.3 Å². The number of nitrogens with one attached hydrogen (secondary N) is 1. The molecule has 0 spiro atoms. The van der Waals surface area contributed by atoms with Crippen molar-refractivity contribution in [1.29, 1.82) is 0 Å². The van der Waals surface area contributed by atoms with E-state index in [1.807, 2.05) is 12.1 Å². The largest absolute Gasteiger partial charge is 0.306 e. The highest BCUT2D eigenvalue weighted by Crippen LogP contribution is 2.38. The van der Waals surface area contributed by atoms with Gasteiger partial charge in [-0.25, -0.2) is 0 Å². The van der Waals surface area contributed by atoms with E-state index in [-0.39, 0.29) is 12.4 Å². The van der Waals surface area contributed by atoms with Crippen molar-refractivity contribution in [2.24, 2.45) is 0 Å². The zero-order valence-corrected chi connectivity index (χ0v) is 17.9. The van der Waals surface area contributed by atoms with Crippen molar-refractivity contribution in [1.82, 2.24) is 20.1 Å². The molecule has 1 aliphatic carbocycles. The Morgan fingerprint density at radius 2 is 1.97 bits per heavy atom. The number of benzene rings is 2. The van der Waals surface area contributed by atoms with Gasteiger partial charge in [0.1, 0.15) is 5.82 Å². The number of hydrogen-bond donors (Lipinski definition) is 1. The summed E-state index contributed by atoms with van der Waals surface area (Å²) in [6, 6.07) is 14.7. The molecular formula is C23H24Cl2N4. The summed E-state index contributed by atoms with van der Waals surface area (Å²) >= 11 is 6.23. The Morgan fingerprint density at radius 1 is 1.10 bits per heavy atom. The molecule has 0 amide bonds. The molecule has 1 N–H and O–H groups in total. The molecule has 0 radical (unpaired) electrons. The maximum atomic E-state index is 6.23. The molecule has 1 aliphatic heterocycles. The summed E-state index contributed by atoms with van der Waals surface area (Å²) < 4.78 is 2.25. The van der Waals surface area contributed by atoms with Crippen LogP contribution in [0.4, 0.5) is 0 Å². The van der Waals surface area contributed by atoms with Gasteiger partial charge in [0, 0.05) is 17.5 Å². The Hall–Kier alpha value is -2.14. The van der Waals surface area contributed by atoms with Crippen LogP contribution in [0.5, 0.6) is 0 Å². The molecule has 29 heavy (non-hydrogen) atoms. The van der Waals surface area contributed by atoms with Crippen molar-refractivity contribution < 1.29 is 0 Å². The first-order valence-electron chi connectivity index (χ1n) is 9.89. The number of aromatic nitrogens is 3. The summed E-state index contributed by atoms with van der Waals surface area (Å²) in [6.07, 6.45) is 5.56. The van der Waals surface area contributed by atoms with Gasteiger partial charge in [0.15, 0.2) is 5.82 Å². The molecule has 2 aromatic carbocycles. The summed E-state index contributed by atoms with van der Waals surface area (Å²) in [5.41, 5.74) is 6.53. The molecule has 4 nitrogen and oxygen atoms in total. The van der Waals surface area contributed by atoms with E-state index >= 15 is 0 Å². The third-order valence-electron chi connectivity index (χ3n) is 5.90. The Morgan fingerprint density at radius 3 is 2.76 bits per heavy atom. The smallest absolute Gasteiger partial charge is 0.151 e. The molecule has 0 unspecified atom stereocenters. The lowest BCUT2D eigenvalue weighted by Gasteiger charge is -2.23. The van der Waals surface area contributed by atoms with Crippen molar-refractivity contribution >= 4 is 29.6 Å². The second-order valence-electron chi connectivity index (χ2n) is 7.70. The summed E-state index contributed by atoms with van der Waals surface area (Å²) in [6.45, 7) is 3.70. The Bertz CT molecular complexity index is 1070. The van der Waals surface area contributed by atoms with Crippen molar-refractivity contribution in [3.05, 3.63) is 81.9 Å². The average molecular weight is 427 g/mol. The predicted molar refractivity (Wildman–Crippen MR) is 120 cm³/mol. The minimum Gasteiger partial charge on any atom is -0.306 e. The lowest BCUT2D eigenvalue weighted by atomic mass is 9.85. The molecule has 0 fully saturated rings. The number of halogens is 2. The molecule has 1 atom stereocenters. The van der Waals surface area contributed by atoms with E-state index in [0.717, 1.165) is 54.7 Å². The van der Waals surface area contributed by atoms with Gasteiger partial charge < -0.3 is 5.32 Å². The number of fused-ring (bicyclic) bond motifs is 3. The molecule has 2 aliphatic rings. The van der Waals surface area contributed by atoms with Crippen molar-refractivity contribution in [2.45, 2.75) is 45.2 Å². The second kappa shape index (κ2) is 8.31. The van der Waals surface area contributed by atoms with Crippen LogP contribution < -0.4 is 5.32 Å². The van der Waals surface area contributed by atoms with E-state index in [9.17, 15) is 0 Å². The molecule has 0 saturated carbocycles. The van der Waals surface area contributed by atoms with Gasteiger partial charge in [0.2, 0.25) is 0 Å². The van der Waals surface area contributed by atoms with E-state index in [2.05, 4.69) is 63.4 Å². The normalized spacial score (nSPS) is 18.1. The van der Waals surface area contributed by atoms with Gasteiger partial charge in [-0.1, -0.05) is 41.9 Å². The van der Waals surface area contributed by atoms with Crippen molar-refractivity contribution in [3.8, 4) is 5.69 Å². The molecule has 0 bridgehead atoms. The minimum absolute atomic E-state index is 0. The zero-order chi connectivity index (χ0) is 19.1. The standard InChI is InChI=1S/C23H23ClN4.ClH/c1-15-4-2-3-5-20(15)16-6-8-17(9-7-16)23-27-26-22-14-25-13-18-12-19(24)10-11-21(18)28(22)23;/h2-6,10-12,17,25H,7-9,13-14H2,1H3;1H/t17-;/m1./s1. The fourth-order valence-electron chi connectivity index (χ4n) is 4.44. The van der Waals surface area contributed by atoms with Crippen LogP contribution in [-0.4, -0.2) is 14.8 Å². The van der Waals surface area contributed by atoms with Crippen LogP contribution in [0, 0.1) is 6.92 Å². The zero-order valence-electron chi connectivity index (χ0n) is 16.4. The minimum atomic E-state index is 0. The lowest BCUT2D eigenvalue weighted by molar-refractivity contribution is 0.576. The second-order valence-corrected chi connectivity index (χ2v) is 8.14. The first-order valence-corrected chi connectivity index (χ1v) is 10.3. The van der Waals surface area contributed by atoms with Crippen LogP contribution in [0.2, 0.25) is 5.02 Å². The number of hydrogen-bond acceptors (Lipinski definition) is 3. The summed E-state index contributed by atoms with van der Waals surface area (Å²) in [4.78, 5) is 0. The van der Waals surface area contributed by atoms with Crippen LogP contribution in [0.1, 0.15) is 53.5 Å². The van der Waals surface area contributed by atoms with Gasteiger partial charge in [-0.2, -0.15) is 0 Å². The number of allylic oxidation sites excluding steroid dienone is 2. The van der Waals surface area contributed by atoms with Crippen molar-refractivity contribution in [3.63, 3.8) is 0 Å². The van der Waals surface area contributed by atoms with Crippen LogP contribution in [0.25, 0.3) is 11.3 Å². The maximum Gasteiger partial charge on any atom is 0.151 e. The maximum absolute atomic E-state index is 6.23. The van der Waals surface area contributed by atoms with E-state index < -0.39 is 0 Å². The number of rotatable bonds is 2. The van der Waals surface area contributed by atoms with Gasteiger partial charge in [-0.15, -0.1) is 22.6 Å². The molecular weight excluding hydrogens is 403 g/mol. The van der Waals surface area contributed by atoms with E-state index in [4.69, 9.17) is 11.6 Å². The van der Waals surface area contributed by atoms with Crippen molar-refractivity contribution in [2.75, 3.05) is 0 Å². The summed E-state index contributed by atoms with van der Waals surface area (Å²) in [7, 11) is 0. The van der Waals surface area contributed by atoms with Gasteiger partial charge in [0.05, 0.1) is 12.2 Å². The highest BCUT2D eigenvalue weighted by molar-refractivity contribution is 6.30. The Balaban J connectivity index is 0.00000205. The Kier molecular flexibility index (Phi) is 5.77. The third-order valence-corrected chi connectivity index (χ3v) is 6.14. The van der Waals surface area contributed by atoms with Gasteiger partial charge >= 0.3 is 0 Å². The Labute approximate surface area is 182 Å². The SMILES string of the molecule is Cc1ccccc1C1=CC[C@@H](c2nnc3n2-c2ccc(Cl)cc2CNC3)CC1.Cl. The highest BCUT2D eigenvalue weighted by Gasteiger charge is 2.27. The van der Waals surface area contributed by atoms with Gasteiger partial charge in [-0.3, -0.25) is 4.57 Å². The summed E-state index contributed by atoms with van der Waals surface area (Å²) in [5, 5.41) is 13.3. The molecule has 5 rings (SSSR count). The summed E-state index contributed by atoms with van der Waals surface area (Å²) in [5.74, 6) is 2.43. The van der Waals surface area contributed by atoms with Gasteiger partial charge in [0.25, 0.3) is 0 Å². The average Bonchev–Trinajstić information content (AvgIpc) is 3.04. The third kappa shape index (κ3) is 3.73. The lowest BCUT2D eigenvalue weighted by Crippen LogP contribution is -2.13. The molecule has 2 heterocycles. The molecule has 150 valence electrons. The number of nitrogens with zero attached hydrogens (tertiary/aromatic N) is 3. The molecule has 1 aromatic heterocycles. The predicted octanol–water partition coefficient (Wildman–Crippen LogP) is 5.61. The quantitative estimate of drug-likeness (QED) is 0.579. The van der Waals surface area contributed by atoms with Crippen LogP contribution >= 0.6 is 24.0 Å².